The van der Waals surface area contributed by atoms with Gasteiger partial charge in [-0.2, -0.15) is 0 Å². The first-order valence-electron chi connectivity index (χ1n) is 9.45. The Morgan fingerprint density at radius 2 is 1.93 bits per heavy atom. The maximum atomic E-state index is 12.5. The van der Waals surface area contributed by atoms with Gasteiger partial charge in [0.05, 0.1) is 35.7 Å². The molecule has 0 saturated carbocycles. The van der Waals surface area contributed by atoms with Crippen molar-refractivity contribution >= 4 is 50.4 Å². The zero-order valence-corrected chi connectivity index (χ0v) is 18.8. The molecular weight excluding hydrogens is 420 g/mol. The molecule has 3 aromatic heterocycles. The molecule has 0 spiro atoms. The third kappa shape index (κ3) is 3.82. The van der Waals surface area contributed by atoms with Gasteiger partial charge in [0.15, 0.2) is 11.5 Å². The van der Waals surface area contributed by atoms with E-state index in [0.29, 0.717) is 17.2 Å². The van der Waals surface area contributed by atoms with E-state index in [1.807, 2.05) is 0 Å². The summed E-state index contributed by atoms with van der Waals surface area (Å²) in [6.07, 6.45) is 0.785. The predicted molar refractivity (Wildman–Crippen MR) is 121 cm³/mol. The zero-order valence-electron chi connectivity index (χ0n) is 17.2. The van der Waals surface area contributed by atoms with Crippen molar-refractivity contribution in [1.82, 2.24) is 14.6 Å². The van der Waals surface area contributed by atoms with E-state index >= 15 is 0 Å². The molecular formula is C21H22N4O3S2. The number of fused-ring (bicyclic) bond motifs is 3. The van der Waals surface area contributed by atoms with E-state index in [1.54, 1.807) is 43.8 Å². The Bertz CT molecular complexity index is 1230. The van der Waals surface area contributed by atoms with Crippen LogP contribution < -0.4 is 14.8 Å². The number of nitrogens with zero attached hydrogens (tertiary/aromatic N) is 3. The van der Waals surface area contributed by atoms with Crippen LogP contribution in [0.1, 0.15) is 17.6 Å². The number of aryl methyl sites for hydroxylation is 2. The summed E-state index contributed by atoms with van der Waals surface area (Å²) in [5.74, 6) is 2.19. The van der Waals surface area contributed by atoms with Crippen LogP contribution in [0.25, 0.3) is 15.7 Å². The SMILES string of the molecule is CCc1nnc(SCC(=O)Nc2ccc(OC)c(OC)c2)c2cc3sc(C)cc3n12. The Kier molecular flexibility index (Phi) is 5.83. The van der Waals surface area contributed by atoms with Gasteiger partial charge in [-0.1, -0.05) is 18.7 Å². The summed E-state index contributed by atoms with van der Waals surface area (Å²) in [6, 6.07) is 9.58. The highest BCUT2D eigenvalue weighted by atomic mass is 32.2. The predicted octanol–water partition coefficient (Wildman–Crippen LogP) is 4.56. The Balaban J connectivity index is 1.53. The van der Waals surface area contributed by atoms with Gasteiger partial charge in [0.25, 0.3) is 0 Å². The van der Waals surface area contributed by atoms with Crippen molar-refractivity contribution in [2.75, 3.05) is 25.3 Å². The fraction of sp³-hybridized carbons (Fsp3) is 0.286. The van der Waals surface area contributed by atoms with E-state index in [4.69, 9.17) is 9.47 Å². The first-order valence-corrected chi connectivity index (χ1v) is 11.3. The molecule has 4 aromatic rings. The summed E-state index contributed by atoms with van der Waals surface area (Å²) in [7, 11) is 3.14. The van der Waals surface area contributed by atoms with Crippen LogP contribution in [0.4, 0.5) is 5.69 Å². The lowest BCUT2D eigenvalue weighted by molar-refractivity contribution is -0.113. The van der Waals surface area contributed by atoms with E-state index in [1.165, 1.54) is 21.3 Å². The highest BCUT2D eigenvalue weighted by Crippen LogP contribution is 2.33. The number of nitrogens with one attached hydrogen (secondary N) is 1. The standard InChI is InChI=1S/C21H22N4O3S2/c1-5-19-23-24-21(15-10-18-14(25(15)19)8-12(2)30-18)29-11-20(26)22-13-6-7-16(27-3)17(9-13)28-4/h6-10H,5,11H2,1-4H3,(H,22,26). The lowest BCUT2D eigenvalue weighted by atomic mass is 10.2. The summed E-state index contributed by atoms with van der Waals surface area (Å²) >= 11 is 3.13. The van der Waals surface area contributed by atoms with Gasteiger partial charge in [-0.15, -0.1) is 21.5 Å². The molecule has 1 amide bonds. The van der Waals surface area contributed by atoms with Gasteiger partial charge >= 0.3 is 0 Å². The lowest BCUT2D eigenvalue weighted by Gasteiger charge is -2.11. The van der Waals surface area contributed by atoms with Crippen LogP contribution in [-0.4, -0.2) is 40.5 Å². The fourth-order valence-electron chi connectivity index (χ4n) is 3.33. The number of benzene rings is 1. The minimum atomic E-state index is -0.129. The second-order valence-corrected chi connectivity index (χ2v) is 8.91. The maximum Gasteiger partial charge on any atom is 0.234 e. The molecule has 0 bridgehead atoms. The van der Waals surface area contributed by atoms with Crippen LogP contribution in [0.2, 0.25) is 0 Å². The number of thioether (sulfide) groups is 1. The van der Waals surface area contributed by atoms with Gasteiger partial charge in [0, 0.05) is 23.1 Å². The van der Waals surface area contributed by atoms with E-state index in [9.17, 15) is 4.79 Å². The number of methoxy groups -OCH3 is 2. The van der Waals surface area contributed by atoms with Crippen LogP contribution in [0.15, 0.2) is 35.4 Å². The molecule has 9 heteroatoms. The topological polar surface area (TPSA) is 77.8 Å². The summed E-state index contributed by atoms with van der Waals surface area (Å²) in [5, 5.41) is 12.4. The van der Waals surface area contributed by atoms with E-state index in [-0.39, 0.29) is 11.7 Å². The Hall–Kier alpha value is -2.78. The Morgan fingerprint density at radius 1 is 1.13 bits per heavy atom. The van der Waals surface area contributed by atoms with Crippen molar-refractivity contribution in [2.45, 2.75) is 25.3 Å². The van der Waals surface area contributed by atoms with E-state index in [0.717, 1.165) is 28.3 Å². The summed E-state index contributed by atoms with van der Waals surface area (Å²) < 4.78 is 13.9. The van der Waals surface area contributed by atoms with Crippen molar-refractivity contribution in [3.05, 3.63) is 41.0 Å². The number of rotatable bonds is 7. The molecule has 7 nitrogen and oxygen atoms in total. The first-order chi connectivity index (χ1) is 14.5. The summed E-state index contributed by atoms with van der Waals surface area (Å²) in [6.45, 7) is 4.17. The molecule has 1 aromatic carbocycles. The lowest BCUT2D eigenvalue weighted by Crippen LogP contribution is -2.14. The van der Waals surface area contributed by atoms with Crippen molar-refractivity contribution in [2.24, 2.45) is 0 Å². The molecule has 0 radical (unpaired) electrons. The summed E-state index contributed by atoms with van der Waals surface area (Å²) in [5.41, 5.74) is 2.79. The number of aromatic nitrogens is 3. The van der Waals surface area contributed by atoms with Gasteiger partial charge in [0.1, 0.15) is 10.9 Å². The molecule has 4 rings (SSSR count). The van der Waals surface area contributed by atoms with Gasteiger partial charge < -0.3 is 14.8 Å². The van der Waals surface area contributed by atoms with Crippen molar-refractivity contribution in [1.29, 1.82) is 0 Å². The van der Waals surface area contributed by atoms with Crippen molar-refractivity contribution in [3.63, 3.8) is 0 Å². The number of anilines is 1. The second kappa shape index (κ2) is 8.53. The van der Waals surface area contributed by atoms with Crippen LogP contribution >= 0.6 is 23.1 Å². The number of ether oxygens (including phenoxy) is 2. The van der Waals surface area contributed by atoms with Gasteiger partial charge in [-0.25, -0.2) is 0 Å². The largest absolute Gasteiger partial charge is 0.493 e. The number of hydrogen-bond donors (Lipinski definition) is 1. The van der Waals surface area contributed by atoms with Gasteiger partial charge in [-0.05, 0) is 31.2 Å². The third-order valence-corrected chi connectivity index (χ3v) is 6.63. The normalized spacial score (nSPS) is 11.2. The van der Waals surface area contributed by atoms with Crippen LogP contribution in [0.3, 0.4) is 0 Å². The average Bonchev–Trinajstić information content (AvgIpc) is 3.28. The molecule has 0 unspecified atom stereocenters. The molecule has 3 heterocycles. The molecule has 0 saturated heterocycles. The maximum absolute atomic E-state index is 12.5. The Labute approximate surface area is 182 Å². The monoisotopic (exact) mass is 442 g/mol. The smallest absolute Gasteiger partial charge is 0.234 e. The number of amides is 1. The molecule has 0 fully saturated rings. The molecule has 0 atom stereocenters. The number of carbonyl (C=O) groups is 1. The first kappa shape index (κ1) is 20.5. The molecule has 156 valence electrons. The molecule has 0 aliphatic carbocycles. The molecule has 0 aliphatic heterocycles. The second-order valence-electron chi connectivity index (χ2n) is 6.65. The fourth-order valence-corrected chi connectivity index (χ4v) is 5.01. The highest BCUT2D eigenvalue weighted by Gasteiger charge is 2.16. The van der Waals surface area contributed by atoms with Crippen LogP contribution in [0, 0.1) is 6.92 Å². The molecule has 0 aliphatic rings. The minimum Gasteiger partial charge on any atom is -0.493 e. The zero-order chi connectivity index (χ0) is 21.3. The van der Waals surface area contributed by atoms with Crippen molar-refractivity contribution in [3.8, 4) is 11.5 Å². The minimum absolute atomic E-state index is 0.129. The Morgan fingerprint density at radius 3 is 2.67 bits per heavy atom. The van der Waals surface area contributed by atoms with Crippen LogP contribution in [-0.2, 0) is 11.2 Å². The average molecular weight is 443 g/mol. The number of hydrogen-bond acceptors (Lipinski definition) is 7. The van der Waals surface area contributed by atoms with Crippen molar-refractivity contribution < 1.29 is 14.3 Å². The molecule has 1 N–H and O–H groups in total. The molecule has 30 heavy (non-hydrogen) atoms. The van der Waals surface area contributed by atoms with Crippen LogP contribution in [0.5, 0.6) is 11.5 Å². The highest BCUT2D eigenvalue weighted by molar-refractivity contribution is 8.00. The van der Waals surface area contributed by atoms with Gasteiger partial charge in [-0.3, -0.25) is 9.20 Å². The number of carbonyl (C=O) groups excluding carboxylic acids is 1. The van der Waals surface area contributed by atoms with Gasteiger partial charge in [0.2, 0.25) is 5.91 Å². The summed E-state index contributed by atoms with van der Waals surface area (Å²) in [4.78, 5) is 13.8. The van der Waals surface area contributed by atoms with E-state index in [2.05, 4.69) is 45.9 Å². The third-order valence-electron chi connectivity index (χ3n) is 4.67. The van der Waals surface area contributed by atoms with E-state index < -0.39 is 0 Å². The number of thiophene rings is 1. The quantitative estimate of drug-likeness (QED) is 0.423.